The lowest BCUT2D eigenvalue weighted by Crippen LogP contribution is -2.09. The highest BCUT2D eigenvalue weighted by Gasteiger charge is 2.16. The highest BCUT2D eigenvalue weighted by atomic mass is 32.2. The predicted octanol–water partition coefficient (Wildman–Crippen LogP) is 2.74. The van der Waals surface area contributed by atoms with Gasteiger partial charge in [-0.2, -0.15) is 0 Å². The summed E-state index contributed by atoms with van der Waals surface area (Å²) in [6.07, 6.45) is 1.87. The van der Waals surface area contributed by atoms with E-state index in [1.807, 2.05) is 30.3 Å². The number of ether oxygens (including phenoxy) is 1. The van der Waals surface area contributed by atoms with Crippen LogP contribution in [0.5, 0.6) is 5.75 Å². The van der Waals surface area contributed by atoms with Crippen molar-refractivity contribution in [3.8, 4) is 5.75 Å². The van der Waals surface area contributed by atoms with E-state index in [9.17, 15) is 8.42 Å². The Morgan fingerprint density at radius 2 is 1.86 bits per heavy atom. The lowest BCUT2D eigenvalue weighted by atomic mass is 10.0. The molecule has 1 N–H and O–H groups in total. The molecular formula is C16H16N2O3S. The Kier molecular flexibility index (Phi) is 3.62. The van der Waals surface area contributed by atoms with E-state index in [0.29, 0.717) is 5.69 Å². The monoisotopic (exact) mass is 316 g/mol. The van der Waals surface area contributed by atoms with Gasteiger partial charge >= 0.3 is 0 Å². The van der Waals surface area contributed by atoms with Crippen LogP contribution >= 0.6 is 0 Å². The summed E-state index contributed by atoms with van der Waals surface area (Å²) < 4.78 is 30.1. The second-order valence-corrected chi connectivity index (χ2v) is 6.93. The second kappa shape index (κ2) is 5.46. The van der Waals surface area contributed by atoms with Gasteiger partial charge in [-0.15, -0.1) is 0 Å². The molecule has 6 heteroatoms. The maximum absolute atomic E-state index is 11.2. The Bertz CT molecular complexity index is 840. The third kappa shape index (κ3) is 3.12. The molecule has 3 rings (SSSR count). The van der Waals surface area contributed by atoms with Gasteiger partial charge in [0.05, 0.1) is 24.8 Å². The van der Waals surface area contributed by atoms with Crippen molar-refractivity contribution in [2.45, 2.75) is 6.42 Å². The molecule has 0 bridgehead atoms. The van der Waals surface area contributed by atoms with Gasteiger partial charge in [-0.05, 0) is 41.5 Å². The number of anilines is 1. The molecule has 0 aliphatic carbocycles. The molecule has 0 saturated heterocycles. The van der Waals surface area contributed by atoms with Crippen molar-refractivity contribution in [3.63, 3.8) is 0 Å². The summed E-state index contributed by atoms with van der Waals surface area (Å²) in [5, 5.41) is 0. The second-order valence-electron chi connectivity index (χ2n) is 5.18. The molecule has 0 amide bonds. The fourth-order valence-corrected chi connectivity index (χ4v) is 2.98. The van der Waals surface area contributed by atoms with Crippen LogP contribution in [0.4, 0.5) is 11.4 Å². The number of hydrogen-bond donors (Lipinski definition) is 1. The predicted molar refractivity (Wildman–Crippen MR) is 87.8 cm³/mol. The average Bonchev–Trinajstić information content (AvgIpc) is 2.89. The molecule has 0 fully saturated rings. The van der Waals surface area contributed by atoms with Crippen LogP contribution in [0, 0.1) is 0 Å². The van der Waals surface area contributed by atoms with Crippen molar-refractivity contribution in [1.82, 2.24) is 0 Å². The first-order valence-electron chi connectivity index (χ1n) is 6.77. The molecule has 1 heterocycles. The summed E-state index contributed by atoms with van der Waals surface area (Å²) in [7, 11) is -1.61. The standard InChI is InChI=1S/C16H16N2O3S/c1-21-14-7-8-15-12(9-14)10-16(17-15)11-3-5-13(6-4-11)18-22(2,19)20/h3-9,18H,10H2,1-2H3. The van der Waals surface area contributed by atoms with Crippen molar-refractivity contribution < 1.29 is 13.2 Å². The van der Waals surface area contributed by atoms with Crippen molar-refractivity contribution in [2.75, 3.05) is 18.1 Å². The molecule has 0 atom stereocenters. The number of sulfonamides is 1. The third-order valence-corrected chi connectivity index (χ3v) is 4.03. The van der Waals surface area contributed by atoms with E-state index in [1.54, 1.807) is 19.2 Å². The van der Waals surface area contributed by atoms with Gasteiger partial charge in [-0.3, -0.25) is 9.71 Å². The summed E-state index contributed by atoms with van der Waals surface area (Å²) in [5.74, 6) is 0.822. The van der Waals surface area contributed by atoms with Gasteiger partial charge in [0.25, 0.3) is 0 Å². The van der Waals surface area contributed by atoms with Crippen molar-refractivity contribution in [2.24, 2.45) is 4.99 Å². The Morgan fingerprint density at radius 3 is 2.50 bits per heavy atom. The Morgan fingerprint density at radius 1 is 1.14 bits per heavy atom. The van der Waals surface area contributed by atoms with E-state index < -0.39 is 10.0 Å². The maximum atomic E-state index is 11.2. The van der Waals surface area contributed by atoms with Gasteiger partial charge in [-0.25, -0.2) is 8.42 Å². The first-order valence-corrected chi connectivity index (χ1v) is 8.66. The molecule has 0 unspecified atom stereocenters. The average molecular weight is 316 g/mol. The molecule has 114 valence electrons. The van der Waals surface area contributed by atoms with Gasteiger partial charge in [-0.1, -0.05) is 12.1 Å². The van der Waals surface area contributed by atoms with Crippen molar-refractivity contribution >= 4 is 27.1 Å². The maximum Gasteiger partial charge on any atom is 0.229 e. The van der Waals surface area contributed by atoms with E-state index >= 15 is 0 Å². The fraction of sp³-hybridized carbons (Fsp3) is 0.188. The zero-order valence-corrected chi connectivity index (χ0v) is 13.1. The molecule has 0 saturated carbocycles. The van der Waals surface area contributed by atoms with E-state index in [-0.39, 0.29) is 0 Å². The zero-order chi connectivity index (χ0) is 15.7. The topological polar surface area (TPSA) is 67.8 Å². The number of benzene rings is 2. The Balaban J connectivity index is 1.82. The van der Waals surface area contributed by atoms with Crippen LogP contribution in [0.2, 0.25) is 0 Å². The number of methoxy groups -OCH3 is 1. The quantitative estimate of drug-likeness (QED) is 0.943. The van der Waals surface area contributed by atoms with Gasteiger partial charge in [0.2, 0.25) is 10.0 Å². The largest absolute Gasteiger partial charge is 0.497 e. The van der Waals surface area contributed by atoms with Gasteiger partial charge in [0, 0.05) is 12.1 Å². The molecule has 5 nitrogen and oxygen atoms in total. The zero-order valence-electron chi connectivity index (χ0n) is 12.3. The van der Waals surface area contributed by atoms with Crippen LogP contribution in [0.3, 0.4) is 0 Å². The van der Waals surface area contributed by atoms with Crippen LogP contribution in [0.15, 0.2) is 47.5 Å². The molecule has 0 spiro atoms. The SMILES string of the molecule is COc1ccc2c(c1)CC(c1ccc(NS(C)(=O)=O)cc1)=N2. The number of rotatable bonds is 4. The van der Waals surface area contributed by atoms with Gasteiger partial charge < -0.3 is 4.74 Å². The Hall–Kier alpha value is -2.34. The molecule has 2 aromatic rings. The molecule has 2 aromatic carbocycles. The molecule has 0 radical (unpaired) electrons. The van der Waals surface area contributed by atoms with Crippen molar-refractivity contribution in [3.05, 3.63) is 53.6 Å². The lowest BCUT2D eigenvalue weighted by molar-refractivity contribution is 0.414. The number of fused-ring (bicyclic) bond motifs is 1. The molecule has 0 aromatic heterocycles. The van der Waals surface area contributed by atoms with Crippen LogP contribution in [0.1, 0.15) is 11.1 Å². The van der Waals surface area contributed by atoms with Crippen LogP contribution in [-0.2, 0) is 16.4 Å². The minimum absolute atomic E-state index is 0.545. The molecule has 1 aliphatic rings. The smallest absolute Gasteiger partial charge is 0.229 e. The summed E-state index contributed by atoms with van der Waals surface area (Å²) in [5.41, 5.74) is 4.58. The first-order chi connectivity index (χ1) is 10.4. The van der Waals surface area contributed by atoms with Crippen molar-refractivity contribution in [1.29, 1.82) is 0 Å². The highest BCUT2D eigenvalue weighted by Crippen LogP contribution is 2.32. The first kappa shape index (κ1) is 14.6. The summed E-state index contributed by atoms with van der Waals surface area (Å²) >= 11 is 0. The molecular weight excluding hydrogens is 300 g/mol. The van der Waals surface area contributed by atoms with Gasteiger partial charge in [0.15, 0.2) is 0 Å². The van der Waals surface area contributed by atoms with E-state index in [0.717, 1.165) is 41.0 Å². The summed E-state index contributed by atoms with van der Waals surface area (Å²) in [6.45, 7) is 0. The minimum atomic E-state index is -3.25. The number of nitrogens with one attached hydrogen (secondary N) is 1. The van der Waals surface area contributed by atoms with E-state index in [4.69, 9.17) is 4.74 Å². The van der Waals surface area contributed by atoms with E-state index in [2.05, 4.69) is 9.71 Å². The van der Waals surface area contributed by atoms with Crippen LogP contribution in [-0.4, -0.2) is 27.5 Å². The van der Waals surface area contributed by atoms with Crippen LogP contribution in [0.25, 0.3) is 0 Å². The minimum Gasteiger partial charge on any atom is -0.497 e. The fourth-order valence-electron chi connectivity index (χ4n) is 2.42. The number of hydrogen-bond acceptors (Lipinski definition) is 4. The summed E-state index contributed by atoms with van der Waals surface area (Å²) in [4.78, 5) is 4.62. The number of aliphatic imine (C=N–C) groups is 1. The van der Waals surface area contributed by atoms with Crippen LogP contribution < -0.4 is 9.46 Å². The number of nitrogens with zero attached hydrogens (tertiary/aromatic N) is 1. The summed E-state index contributed by atoms with van der Waals surface area (Å²) in [6, 6.07) is 13.0. The molecule has 1 aliphatic heterocycles. The van der Waals surface area contributed by atoms with E-state index in [1.165, 1.54) is 0 Å². The third-order valence-electron chi connectivity index (χ3n) is 3.42. The lowest BCUT2D eigenvalue weighted by Gasteiger charge is -2.05. The van der Waals surface area contributed by atoms with Gasteiger partial charge in [0.1, 0.15) is 5.75 Å². The normalized spacial score (nSPS) is 13.5. The highest BCUT2D eigenvalue weighted by molar-refractivity contribution is 7.92. The Labute approximate surface area is 129 Å². The molecule has 22 heavy (non-hydrogen) atoms.